The molecule has 0 saturated carbocycles. The molecule has 0 atom stereocenters. The Morgan fingerprint density at radius 3 is 2.92 bits per heavy atom. The summed E-state index contributed by atoms with van der Waals surface area (Å²) in [5.74, 6) is 0.286. The predicted octanol–water partition coefficient (Wildman–Crippen LogP) is 0.679. The summed E-state index contributed by atoms with van der Waals surface area (Å²) in [6, 6.07) is 0. The molecule has 12 heavy (non-hydrogen) atoms. The average molecular weight is 169 g/mol. The molecular weight excluding hydrogens is 157 g/mol. The van der Waals surface area contributed by atoms with Gasteiger partial charge in [0, 0.05) is 6.42 Å². The summed E-state index contributed by atoms with van der Waals surface area (Å²) in [4.78, 5) is 7.82. The summed E-state index contributed by atoms with van der Waals surface area (Å²) in [6.07, 6.45) is 2.40. The molecule has 0 unspecified atom stereocenters. The van der Waals surface area contributed by atoms with E-state index in [1.54, 1.807) is 0 Å². The highest BCUT2D eigenvalue weighted by Crippen LogP contribution is 2.03. The number of aryl methyl sites for hydroxylation is 1. The lowest BCUT2D eigenvalue weighted by atomic mass is 10.3. The van der Waals surface area contributed by atoms with Gasteiger partial charge in [-0.15, -0.1) is 0 Å². The van der Waals surface area contributed by atoms with Crippen molar-refractivity contribution in [1.82, 2.24) is 9.97 Å². The van der Waals surface area contributed by atoms with Crippen molar-refractivity contribution < 1.29 is 4.39 Å². The van der Waals surface area contributed by atoms with Gasteiger partial charge in [0.05, 0.1) is 11.9 Å². The van der Waals surface area contributed by atoms with Gasteiger partial charge in [0.2, 0.25) is 0 Å². The molecule has 1 aromatic heterocycles. The second-order valence-electron chi connectivity index (χ2n) is 2.47. The van der Waals surface area contributed by atoms with Crippen LogP contribution >= 0.6 is 0 Å². The minimum Gasteiger partial charge on any atom is -0.330 e. The Morgan fingerprint density at radius 2 is 2.33 bits per heavy atom. The monoisotopic (exact) mass is 169 g/mol. The fraction of sp³-hybridized carbons (Fsp3) is 0.500. The third-order valence-electron chi connectivity index (χ3n) is 1.57. The van der Waals surface area contributed by atoms with Crippen LogP contribution in [0, 0.1) is 5.82 Å². The van der Waals surface area contributed by atoms with Crippen LogP contribution < -0.4 is 5.73 Å². The van der Waals surface area contributed by atoms with Gasteiger partial charge in [-0.1, -0.05) is 6.92 Å². The fourth-order valence-electron chi connectivity index (χ4n) is 0.941. The van der Waals surface area contributed by atoms with Crippen molar-refractivity contribution in [3.8, 4) is 0 Å². The SMILES string of the molecule is CCc1nc(CCN)ncc1F. The Balaban J connectivity index is 2.89. The number of aromatic nitrogens is 2. The summed E-state index contributed by atoms with van der Waals surface area (Å²) in [5.41, 5.74) is 5.78. The van der Waals surface area contributed by atoms with Gasteiger partial charge in [0.1, 0.15) is 5.82 Å². The first kappa shape index (κ1) is 9.06. The summed E-state index contributed by atoms with van der Waals surface area (Å²) in [7, 11) is 0. The van der Waals surface area contributed by atoms with Gasteiger partial charge >= 0.3 is 0 Å². The molecule has 0 amide bonds. The number of hydrogen-bond donors (Lipinski definition) is 1. The Hall–Kier alpha value is -1.03. The molecule has 4 heteroatoms. The zero-order valence-electron chi connectivity index (χ0n) is 7.05. The van der Waals surface area contributed by atoms with E-state index in [9.17, 15) is 4.39 Å². The molecule has 1 heterocycles. The molecule has 66 valence electrons. The third-order valence-corrected chi connectivity index (χ3v) is 1.57. The Bertz CT molecular complexity index is 262. The quantitative estimate of drug-likeness (QED) is 0.723. The number of hydrogen-bond acceptors (Lipinski definition) is 3. The molecule has 0 radical (unpaired) electrons. The normalized spacial score (nSPS) is 10.2. The van der Waals surface area contributed by atoms with Crippen molar-refractivity contribution in [2.45, 2.75) is 19.8 Å². The maximum atomic E-state index is 12.9. The van der Waals surface area contributed by atoms with E-state index < -0.39 is 0 Å². The summed E-state index contributed by atoms with van der Waals surface area (Å²) in [5, 5.41) is 0. The van der Waals surface area contributed by atoms with Crippen molar-refractivity contribution in [3.63, 3.8) is 0 Å². The molecular formula is C8H12FN3. The highest BCUT2D eigenvalue weighted by molar-refractivity contribution is 5.05. The lowest BCUT2D eigenvalue weighted by Gasteiger charge is -2.00. The van der Waals surface area contributed by atoms with Gasteiger partial charge in [-0.05, 0) is 13.0 Å². The van der Waals surface area contributed by atoms with E-state index in [2.05, 4.69) is 9.97 Å². The summed E-state index contributed by atoms with van der Waals surface area (Å²) >= 11 is 0. The zero-order valence-corrected chi connectivity index (χ0v) is 7.05. The van der Waals surface area contributed by atoms with Crippen LogP contribution in [0.1, 0.15) is 18.4 Å². The average Bonchev–Trinajstić information content (AvgIpc) is 2.09. The molecule has 3 nitrogen and oxygen atoms in total. The molecule has 0 aliphatic rings. The first-order chi connectivity index (χ1) is 5.77. The molecule has 0 spiro atoms. The van der Waals surface area contributed by atoms with E-state index in [1.807, 2.05) is 6.92 Å². The second-order valence-corrected chi connectivity index (χ2v) is 2.47. The Labute approximate surface area is 70.8 Å². The van der Waals surface area contributed by atoms with E-state index in [0.29, 0.717) is 30.9 Å². The lowest BCUT2D eigenvalue weighted by Crippen LogP contribution is -2.08. The lowest BCUT2D eigenvalue weighted by molar-refractivity contribution is 0.587. The fourth-order valence-corrected chi connectivity index (χ4v) is 0.941. The third kappa shape index (κ3) is 1.98. The van der Waals surface area contributed by atoms with Crippen LogP contribution in [0.4, 0.5) is 4.39 Å². The van der Waals surface area contributed by atoms with Gasteiger partial charge in [-0.3, -0.25) is 0 Å². The predicted molar refractivity (Wildman–Crippen MR) is 44.1 cm³/mol. The van der Waals surface area contributed by atoms with Gasteiger partial charge in [0.25, 0.3) is 0 Å². The first-order valence-corrected chi connectivity index (χ1v) is 3.98. The van der Waals surface area contributed by atoms with Crippen LogP contribution in [0.25, 0.3) is 0 Å². The van der Waals surface area contributed by atoms with Crippen molar-refractivity contribution in [3.05, 3.63) is 23.5 Å². The van der Waals surface area contributed by atoms with E-state index in [0.717, 1.165) is 0 Å². The minimum atomic E-state index is -0.335. The molecule has 1 rings (SSSR count). The largest absolute Gasteiger partial charge is 0.330 e. The van der Waals surface area contributed by atoms with Crippen molar-refractivity contribution >= 4 is 0 Å². The molecule has 0 saturated heterocycles. The molecule has 2 N–H and O–H groups in total. The van der Waals surface area contributed by atoms with E-state index >= 15 is 0 Å². The zero-order chi connectivity index (χ0) is 8.97. The van der Waals surface area contributed by atoms with E-state index in [1.165, 1.54) is 6.20 Å². The number of halogens is 1. The molecule has 0 aliphatic carbocycles. The molecule has 1 aromatic rings. The van der Waals surface area contributed by atoms with Crippen LogP contribution in [0.5, 0.6) is 0 Å². The van der Waals surface area contributed by atoms with Gasteiger partial charge in [-0.25, -0.2) is 14.4 Å². The maximum absolute atomic E-state index is 12.9. The van der Waals surface area contributed by atoms with Crippen LogP contribution in [0.2, 0.25) is 0 Å². The van der Waals surface area contributed by atoms with Gasteiger partial charge in [-0.2, -0.15) is 0 Å². The van der Waals surface area contributed by atoms with Crippen molar-refractivity contribution in [2.24, 2.45) is 5.73 Å². The number of rotatable bonds is 3. The minimum absolute atomic E-state index is 0.335. The van der Waals surface area contributed by atoms with Crippen molar-refractivity contribution in [2.75, 3.05) is 6.54 Å². The van der Waals surface area contributed by atoms with E-state index in [-0.39, 0.29) is 5.82 Å². The summed E-state index contributed by atoms with van der Waals surface area (Å²) in [6.45, 7) is 2.35. The molecule has 0 fully saturated rings. The second kappa shape index (κ2) is 4.11. The van der Waals surface area contributed by atoms with Crippen LogP contribution in [-0.2, 0) is 12.8 Å². The summed E-state index contributed by atoms with van der Waals surface area (Å²) < 4.78 is 12.9. The molecule has 0 aliphatic heterocycles. The van der Waals surface area contributed by atoms with Crippen LogP contribution in [-0.4, -0.2) is 16.5 Å². The van der Waals surface area contributed by atoms with Gasteiger partial charge in [0.15, 0.2) is 5.82 Å². The number of nitrogens with two attached hydrogens (primary N) is 1. The van der Waals surface area contributed by atoms with Crippen LogP contribution in [0.3, 0.4) is 0 Å². The maximum Gasteiger partial charge on any atom is 0.162 e. The van der Waals surface area contributed by atoms with Crippen molar-refractivity contribution in [1.29, 1.82) is 0 Å². The standard InChI is InChI=1S/C8H12FN3/c1-2-7-6(9)5-11-8(12-7)3-4-10/h5H,2-4,10H2,1H3. The first-order valence-electron chi connectivity index (χ1n) is 3.98. The molecule has 0 bridgehead atoms. The highest BCUT2D eigenvalue weighted by Gasteiger charge is 2.03. The smallest absolute Gasteiger partial charge is 0.162 e. The highest BCUT2D eigenvalue weighted by atomic mass is 19.1. The Kier molecular flexibility index (Phi) is 3.10. The number of nitrogens with zero attached hydrogens (tertiary/aromatic N) is 2. The molecule has 0 aromatic carbocycles. The van der Waals surface area contributed by atoms with Gasteiger partial charge < -0.3 is 5.73 Å². The van der Waals surface area contributed by atoms with E-state index in [4.69, 9.17) is 5.73 Å². The Morgan fingerprint density at radius 1 is 1.58 bits per heavy atom. The van der Waals surface area contributed by atoms with Crippen LogP contribution in [0.15, 0.2) is 6.20 Å². The topological polar surface area (TPSA) is 51.8 Å².